The van der Waals surface area contributed by atoms with Crippen molar-refractivity contribution in [2.75, 3.05) is 0 Å². The molecule has 1 atom stereocenters. The van der Waals surface area contributed by atoms with Crippen molar-refractivity contribution in [1.29, 1.82) is 0 Å². The van der Waals surface area contributed by atoms with Crippen LogP contribution in [0.2, 0.25) is 0 Å². The lowest BCUT2D eigenvalue weighted by Crippen LogP contribution is -2.24. The number of halogens is 1. The van der Waals surface area contributed by atoms with Crippen molar-refractivity contribution in [2.24, 2.45) is 5.92 Å². The first kappa shape index (κ1) is 17.5. The highest BCUT2D eigenvalue weighted by molar-refractivity contribution is 5.79. The molecule has 0 amide bonds. The van der Waals surface area contributed by atoms with Crippen LogP contribution < -0.4 is 5.56 Å². The van der Waals surface area contributed by atoms with E-state index in [9.17, 15) is 9.18 Å². The van der Waals surface area contributed by atoms with Gasteiger partial charge in [-0.1, -0.05) is 25.2 Å². The summed E-state index contributed by atoms with van der Waals surface area (Å²) >= 11 is 0. The van der Waals surface area contributed by atoms with Crippen molar-refractivity contribution in [2.45, 2.75) is 39.2 Å². The van der Waals surface area contributed by atoms with Crippen molar-refractivity contribution in [3.8, 4) is 11.8 Å². The second kappa shape index (κ2) is 7.36. The lowest BCUT2D eigenvalue weighted by atomic mass is 9.98. The summed E-state index contributed by atoms with van der Waals surface area (Å²) in [6.07, 6.45) is 4.11. The summed E-state index contributed by atoms with van der Waals surface area (Å²) in [5.41, 5.74) is 2.29. The highest BCUT2D eigenvalue weighted by atomic mass is 19.1. The second-order valence-electron chi connectivity index (χ2n) is 7.08. The van der Waals surface area contributed by atoms with Crippen LogP contribution in [0.1, 0.15) is 43.1 Å². The van der Waals surface area contributed by atoms with Crippen LogP contribution in [0.3, 0.4) is 0 Å². The summed E-state index contributed by atoms with van der Waals surface area (Å²) in [5, 5.41) is 0.640. The topological polar surface area (TPSA) is 34.9 Å². The van der Waals surface area contributed by atoms with E-state index in [1.54, 1.807) is 12.1 Å². The molecule has 1 aliphatic heterocycles. The Hall–Kier alpha value is -2.93. The van der Waals surface area contributed by atoms with E-state index in [0.29, 0.717) is 16.8 Å². The van der Waals surface area contributed by atoms with Crippen molar-refractivity contribution in [3.05, 3.63) is 75.6 Å². The Morgan fingerprint density at radius 1 is 1.11 bits per heavy atom. The predicted octanol–water partition coefficient (Wildman–Crippen LogP) is 4.30. The van der Waals surface area contributed by atoms with Gasteiger partial charge in [0.25, 0.3) is 5.56 Å². The highest BCUT2D eigenvalue weighted by Gasteiger charge is 2.18. The molecule has 2 heterocycles. The third kappa shape index (κ3) is 3.64. The van der Waals surface area contributed by atoms with Gasteiger partial charge >= 0.3 is 0 Å². The van der Waals surface area contributed by atoms with Crippen LogP contribution in [-0.2, 0) is 13.0 Å². The monoisotopic (exact) mass is 360 g/mol. The van der Waals surface area contributed by atoms with Crippen LogP contribution in [0, 0.1) is 23.6 Å². The lowest BCUT2D eigenvalue weighted by Gasteiger charge is -2.10. The molecule has 0 aliphatic carbocycles. The van der Waals surface area contributed by atoms with Crippen molar-refractivity contribution >= 4 is 10.9 Å². The smallest absolute Gasteiger partial charge is 0.261 e. The van der Waals surface area contributed by atoms with Gasteiger partial charge in [-0.2, -0.15) is 0 Å². The van der Waals surface area contributed by atoms with Gasteiger partial charge in [0.15, 0.2) is 0 Å². The molecule has 0 spiro atoms. The standard InChI is InChI=1S/C23H21FN2O/c1-2-16-8-12-22-25-21-15-18(4-3-17-5-9-19(24)10-6-17)7-11-20(21)23(27)26(22)14-13-16/h5-7,9-11,15-16H,2,8,12-14H2,1H3. The molecule has 1 unspecified atom stereocenters. The Morgan fingerprint density at radius 3 is 2.63 bits per heavy atom. The quantitative estimate of drug-likeness (QED) is 0.607. The maximum absolute atomic E-state index is 13.0. The van der Waals surface area contributed by atoms with Gasteiger partial charge in [0.1, 0.15) is 11.6 Å². The number of aromatic nitrogens is 2. The highest BCUT2D eigenvalue weighted by Crippen LogP contribution is 2.22. The van der Waals surface area contributed by atoms with Crippen LogP contribution in [0.15, 0.2) is 47.3 Å². The van der Waals surface area contributed by atoms with Gasteiger partial charge in [0.2, 0.25) is 0 Å². The van der Waals surface area contributed by atoms with Crippen LogP contribution in [-0.4, -0.2) is 9.55 Å². The molecular formula is C23H21FN2O. The number of benzene rings is 2. The number of fused-ring (bicyclic) bond motifs is 2. The predicted molar refractivity (Wildman–Crippen MR) is 105 cm³/mol. The summed E-state index contributed by atoms with van der Waals surface area (Å²) in [5.74, 6) is 7.37. The maximum Gasteiger partial charge on any atom is 0.261 e. The molecule has 0 N–H and O–H groups in total. The maximum atomic E-state index is 13.0. The third-order valence-corrected chi connectivity index (χ3v) is 5.34. The average molecular weight is 360 g/mol. The first-order valence-corrected chi connectivity index (χ1v) is 9.45. The van der Waals surface area contributed by atoms with Crippen LogP contribution in [0.5, 0.6) is 0 Å². The van der Waals surface area contributed by atoms with Gasteiger partial charge in [0.05, 0.1) is 10.9 Å². The Kier molecular flexibility index (Phi) is 4.77. The Morgan fingerprint density at radius 2 is 1.85 bits per heavy atom. The van der Waals surface area contributed by atoms with Crippen molar-refractivity contribution in [1.82, 2.24) is 9.55 Å². The average Bonchev–Trinajstić information content (AvgIpc) is 2.90. The molecule has 3 aromatic rings. The Labute approximate surface area is 157 Å². The molecule has 27 heavy (non-hydrogen) atoms. The van der Waals surface area contributed by atoms with Crippen LogP contribution >= 0.6 is 0 Å². The fraction of sp³-hybridized carbons (Fsp3) is 0.304. The Balaban J connectivity index is 1.71. The summed E-state index contributed by atoms with van der Waals surface area (Å²) in [6.45, 7) is 2.96. The van der Waals surface area contributed by atoms with Gasteiger partial charge in [-0.3, -0.25) is 9.36 Å². The summed E-state index contributed by atoms with van der Waals surface area (Å²) in [4.78, 5) is 17.7. The third-order valence-electron chi connectivity index (χ3n) is 5.34. The molecule has 0 saturated carbocycles. The molecule has 136 valence electrons. The molecular weight excluding hydrogens is 339 g/mol. The van der Waals surface area contributed by atoms with E-state index in [-0.39, 0.29) is 11.4 Å². The molecule has 0 bridgehead atoms. The molecule has 3 nitrogen and oxygen atoms in total. The molecule has 4 rings (SSSR count). The second-order valence-corrected chi connectivity index (χ2v) is 7.08. The van der Waals surface area contributed by atoms with E-state index in [1.807, 2.05) is 22.8 Å². The number of rotatable bonds is 1. The number of aryl methyl sites for hydroxylation is 1. The molecule has 1 aliphatic rings. The van der Waals surface area contributed by atoms with E-state index in [4.69, 9.17) is 4.98 Å². The van der Waals surface area contributed by atoms with E-state index in [1.165, 1.54) is 12.1 Å². The zero-order chi connectivity index (χ0) is 18.8. The minimum absolute atomic E-state index is 0.0461. The molecule has 0 fully saturated rings. The van der Waals surface area contributed by atoms with Gasteiger partial charge in [-0.05, 0) is 61.2 Å². The normalized spacial score (nSPS) is 16.3. The van der Waals surface area contributed by atoms with E-state index in [2.05, 4.69) is 18.8 Å². The van der Waals surface area contributed by atoms with Gasteiger partial charge < -0.3 is 0 Å². The van der Waals surface area contributed by atoms with Gasteiger partial charge in [-0.25, -0.2) is 9.37 Å². The minimum Gasteiger partial charge on any atom is -0.296 e. The molecule has 4 heteroatoms. The molecule has 0 radical (unpaired) electrons. The first-order chi connectivity index (χ1) is 13.1. The number of nitrogens with zero attached hydrogens (tertiary/aromatic N) is 2. The molecule has 2 aromatic carbocycles. The Bertz CT molecular complexity index is 1100. The first-order valence-electron chi connectivity index (χ1n) is 9.45. The van der Waals surface area contributed by atoms with Crippen LogP contribution in [0.25, 0.3) is 10.9 Å². The lowest BCUT2D eigenvalue weighted by molar-refractivity contribution is 0.432. The van der Waals surface area contributed by atoms with Crippen LogP contribution in [0.4, 0.5) is 4.39 Å². The summed E-state index contributed by atoms with van der Waals surface area (Å²) < 4.78 is 14.8. The van der Waals surface area contributed by atoms with E-state index >= 15 is 0 Å². The minimum atomic E-state index is -0.276. The molecule has 0 saturated heterocycles. The fourth-order valence-electron chi connectivity index (χ4n) is 3.64. The SMILES string of the molecule is CCC1CCc2nc3cc(C#Cc4ccc(F)cc4)ccc3c(=O)n2CC1. The molecule has 1 aromatic heterocycles. The fourth-order valence-corrected chi connectivity index (χ4v) is 3.64. The van der Waals surface area contributed by atoms with E-state index < -0.39 is 0 Å². The van der Waals surface area contributed by atoms with Crippen molar-refractivity contribution < 1.29 is 4.39 Å². The van der Waals surface area contributed by atoms with Gasteiger partial charge in [0, 0.05) is 24.1 Å². The summed E-state index contributed by atoms with van der Waals surface area (Å²) in [7, 11) is 0. The zero-order valence-corrected chi connectivity index (χ0v) is 15.3. The van der Waals surface area contributed by atoms with E-state index in [0.717, 1.165) is 49.2 Å². The summed E-state index contributed by atoms with van der Waals surface area (Å²) in [6, 6.07) is 11.6. The largest absolute Gasteiger partial charge is 0.296 e. The number of hydrogen-bond acceptors (Lipinski definition) is 2. The zero-order valence-electron chi connectivity index (χ0n) is 15.3. The number of hydrogen-bond donors (Lipinski definition) is 0. The van der Waals surface area contributed by atoms with Crippen molar-refractivity contribution in [3.63, 3.8) is 0 Å². The van der Waals surface area contributed by atoms with Gasteiger partial charge in [-0.15, -0.1) is 0 Å².